The van der Waals surface area contributed by atoms with E-state index in [0.29, 0.717) is 6.54 Å². The minimum absolute atomic E-state index is 0.118. The molecule has 100 valence electrons. The molecule has 4 nitrogen and oxygen atoms in total. The Hall–Kier alpha value is -2.17. The number of rotatable bonds is 4. The van der Waals surface area contributed by atoms with Crippen molar-refractivity contribution in [2.24, 2.45) is 0 Å². The Morgan fingerprint density at radius 3 is 2.68 bits per heavy atom. The van der Waals surface area contributed by atoms with Gasteiger partial charge in [0.25, 0.3) is 0 Å². The number of nitrogens with zero attached hydrogens (tertiary/aromatic N) is 2. The van der Waals surface area contributed by atoms with E-state index >= 15 is 0 Å². The van der Waals surface area contributed by atoms with Crippen molar-refractivity contribution in [2.75, 3.05) is 0 Å². The SMILES string of the molecule is Cc1cnn(C(C)C(=O)NCc2ccc(F)cc2)c1. The Bertz CT molecular complexity index is 562. The zero-order valence-corrected chi connectivity index (χ0v) is 10.9. The third-order valence-electron chi connectivity index (χ3n) is 2.89. The highest BCUT2D eigenvalue weighted by Crippen LogP contribution is 2.07. The Morgan fingerprint density at radius 1 is 1.42 bits per heavy atom. The molecular formula is C14H16FN3O. The molecule has 1 aromatic heterocycles. The Kier molecular flexibility index (Phi) is 3.94. The number of aromatic nitrogens is 2. The topological polar surface area (TPSA) is 46.9 Å². The highest BCUT2D eigenvalue weighted by atomic mass is 19.1. The molecule has 1 amide bonds. The summed E-state index contributed by atoms with van der Waals surface area (Å²) in [5.74, 6) is -0.400. The molecule has 0 aliphatic carbocycles. The quantitative estimate of drug-likeness (QED) is 0.917. The van der Waals surface area contributed by atoms with E-state index in [1.54, 1.807) is 29.9 Å². The molecule has 0 spiro atoms. The first-order chi connectivity index (χ1) is 9.06. The van der Waals surface area contributed by atoms with Gasteiger partial charge in [0.05, 0.1) is 6.20 Å². The average Bonchev–Trinajstić information content (AvgIpc) is 2.83. The smallest absolute Gasteiger partial charge is 0.244 e. The number of carbonyl (C=O) groups is 1. The summed E-state index contributed by atoms with van der Waals surface area (Å²) in [6.07, 6.45) is 3.53. The van der Waals surface area contributed by atoms with Gasteiger partial charge in [0.15, 0.2) is 0 Å². The van der Waals surface area contributed by atoms with Crippen molar-refractivity contribution in [1.82, 2.24) is 15.1 Å². The predicted octanol–water partition coefficient (Wildman–Crippen LogP) is 2.21. The van der Waals surface area contributed by atoms with Crippen LogP contribution in [0.1, 0.15) is 24.1 Å². The first-order valence-electron chi connectivity index (χ1n) is 6.09. The predicted molar refractivity (Wildman–Crippen MR) is 69.9 cm³/mol. The van der Waals surface area contributed by atoms with Gasteiger partial charge in [0.2, 0.25) is 5.91 Å². The monoisotopic (exact) mass is 261 g/mol. The molecule has 0 aliphatic rings. The van der Waals surface area contributed by atoms with Gasteiger partial charge >= 0.3 is 0 Å². The summed E-state index contributed by atoms with van der Waals surface area (Å²) < 4.78 is 14.4. The lowest BCUT2D eigenvalue weighted by Crippen LogP contribution is -2.30. The van der Waals surface area contributed by atoms with E-state index in [1.807, 2.05) is 13.1 Å². The summed E-state index contributed by atoms with van der Waals surface area (Å²) in [7, 11) is 0. The van der Waals surface area contributed by atoms with Gasteiger partial charge in [0.1, 0.15) is 11.9 Å². The molecule has 0 bridgehead atoms. The third-order valence-corrected chi connectivity index (χ3v) is 2.89. The number of hydrogen-bond donors (Lipinski definition) is 1. The molecule has 0 fully saturated rings. The zero-order chi connectivity index (χ0) is 13.8. The largest absolute Gasteiger partial charge is 0.350 e. The molecular weight excluding hydrogens is 245 g/mol. The van der Waals surface area contributed by atoms with Gasteiger partial charge in [-0.1, -0.05) is 12.1 Å². The highest BCUT2D eigenvalue weighted by molar-refractivity contribution is 5.79. The lowest BCUT2D eigenvalue weighted by Gasteiger charge is -2.12. The highest BCUT2D eigenvalue weighted by Gasteiger charge is 2.14. The van der Waals surface area contributed by atoms with E-state index in [2.05, 4.69) is 10.4 Å². The fourth-order valence-corrected chi connectivity index (χ4v) is 1.70. The molecule has 0 saturated heterocycles. The lowest BCUT2D eigenvalue weighted by molar-refractivity contribution is -0.124. The fourth-order valence-electron chi connectivity index (χ4n) is 1.70. The van der Waals surface area contributed by atoms with Crippen LogP contribution in [0.5, 0.6) is 0 Å². The van der Waals surface area contributed by atoms with E-state index in [-0.39, 0.29) is 17.8 Å². The standard InChI is InChI=1S/C14H16FN3O/c1-10-7-17-18(9-10)11(2)14(19)16-8-12-3-5-13(15)6-4-12/h3-7,9,11H,8H2,1-2H3,(H,16,19). The number of aryl methyl sites for hydroxylation is 1. The summed E-state index contributed by atoms with van der Waals surface area (Å²) in [6, 6.07) is 5.69. The van der Waals surface area contributed by atoms with Crippen molar-refractivity contribution in [3.63, 3.8) is 0 Å². The number of amides is 1. The third kappa shape index (κ3) is 3.40. The molecule has 1 heterocycles. The Balaban J connectivity index is 1.92. The van der Waals surface area contributed by atoms with E-state index in [4.69, 9.17) is 0 Å². The number of benzene rings is 1. The number of hydrogen-bond acceptors (Lipinski definition) is 2. The van der Waals surface area contributed by atoms with Crippen molar-refractivity contribution in [3.8, 4) is 0 Å². The van der Waals surface area contributed by atoms with Crippen molar-refractivity contribution in [3.05, 3.63) is 53.6 Å². The van der Waals surface area contributed by atoms with Gasteiger partial charge in [-0.3, -0.25) is 9.48 Å². The van der Waals surface area contributed by atoms with Gasteiger partial charge in [-0.2, -0.15) is 5.10 Å². The minimum atomic E-state index is -0.367. The zero-order valence-electron chi connectivity index (χ0n) is 10.9. The molecule has 0 saturated carbocycles. The molecule has 1 unspecified atom stereocenters. The van der Waals surface area contributed by atoms with Crippen molar-refractivity contribution >= 4 is 5.91 Å². The van der Waals surface area contributed by atoms with Crippen LogP contribution in [0.3, 0.4) is 0 Å². The second-order valence-electron chi connectivity index (χ2n) is 4.52. The number of halogens is 1. The van der Waals surface area contributed by atoms with Gasteiger partial charge < -0.3 is 5.32 Å². The van der Waals surface area contributed by atoms with Crippen LogP contribution >= 0.6 is 0 Å². The number of carbonyl (C=O) groups excluding carboxylic acids is 1. The molecule has 2 rings (SSSR count). The van der Waals surface area contributed by atoms with Crippen LogP contribution in [-0.2, 0) is 11.3 Å². The average molecular weight is 261 g/mol. The second kappa shape index (κ2) is 5.65. The maximum absolute atomic E-state index is 12.7. The van der Waals surface area contributed by atoms with Gasteiger partial charge in [0, 0.05) is 12.7 Å². The van der Waals surface area contributed by atoms with E-state index in [0.717, 1.165) is 11.1 Å². The van der Waals surface area contributed by atoms with Gasteiger partial charge in [-0.05, 0) is 37.1 Å². The van der Waals surface area contributed by atoms with Crippen LogP contribution in [0, 0.1) is 12.7 Å². The molecule has 1 atom stereocenters. The summed E-state index contributed by atoms with van der Waals surface area (Å²) >= 11 is 0. The van der Waals surface area contributed by atoms with Gasteiger partial charge in [-0.25, -0.2) is 4.39 Å². The summed E-state index contributed by atoms with van der Waals surface area (Å²) in [5, 5.41) is 6.91. The van der Waals surface area contributed by atoms with E-state index in [9.17, 15) is 9.18 Å². The molecule has 1 N–H and O–H groups in total. The van der Waals surface area contributed by atoms with Crippen molar-refractivity contribution < 1.29 is 9.18 Å². The summed E-state index contributed by atoms with van der Waals surface area (Å²) in [6.45, 7) is 4.09. The Labute approximate surface area is 111 Å². The van der Waals surface area contributed by atoms with E-state index < -0.39 is 0 Å². The van der Waals surface area contributed by atoms with Crippen molar-refractivity contribution in [2.45, 2.75) is 26.4 Å². The van der Waals surface area contributed by atoms with E-state index in [1.165, 1.54) is 12.1 Å². The first kappa shape index (κ1) is 13.3. The first-order valence-corrected chi connectivity index (χ1v) is 6.09. The van der Waals surface area contributed by atoms with Crippen LogP contribution in [0.15, 0.2) is 36.7 Å². The summed E-state index contributed by atoms with van der Waals surface area (Å²) in [4.78, 5) is 11.9. The molecule has 2 aromatic rings. The Morgan fingerprint density at radius 2 is 2.11 bits per heavy atom. The minimum Gasteiger partial charge on any atom is -0.350 e. The van der Waals surface area contributed by atoms with Crippen LogP contribution in [0.4, 0.5) is 4.39 Å². The molecule has 1 aromatic carbocycles. The maximum Gasteiger partial charge on any atom is 0.244 e. The molecule has 0 aliphatic heterocycles. The van der Waals surface area contributed by atoms with Crippen LogP contribution in [0.2, 0.25) is 0 Å². The molecule has 5 heteroatoms. The second-order valence-corrected chi connectivity index (χ2v) is 4.52. The molecule has 0 radical (unpaired) electrons. The van der Waals surface area contributed by atoms with Gasteiger partial charge in [-0.15, -0.1) is 0 Å². The lowest BCUT2D eigenvalue weighted by atomic mass is 10.2. The normalized spacial score (nSPS) is 12.2. The molecule has 19 heavy (non-hydrogen) atoms. The van der Waals surface area contributed by atoms with Crippen LogP contribution in [-0.4, -0.2) is 15.7 Å². The van der Waals surface area contributed by atoms with Crippen LogP contribution in [0.25, 0.3) is 0 Å². The number of nitrogens with one attached hydrogen (secondary N) is 1. The fraction of sp³-hybridized carbons (Fsp3) is 0.286. The van der Waals surface area contributed by atoms with Crippen molar-refractivity contribution in [1.29, 1.82) is 0 Å². The summed E-state index contributed by atoms with van der Waals surface area (Å²) in [5.41, 5.74) is 1.87. The van der Waals surface area contributed by atoms with Crippen LogP contribution < -0.4 is 5.32 Å². The maximum atomic E-state index is 12.7.